The third-order valence-corrected chi connectivity index (χ3v) is 1.77. The standard InChI is InChI=1S/C9H18O3/c1-3-4-5-6-8(11)9(12)7(2)10/h8,10-12H,3-6H2,1-2H3. The summed E-state index contributed by atoms with van der Waals surface area (Å²) in [5.74, 6) is -0.495. The largest absolute Gasteiger partial charge is 0.509 e. The second-order valence-electron chi connectivity index (χ2n) is 2.98. The summed E-state index contributed by atoms with van der Waals surface area (Å²) in [6, 6.07) is 0. The first-order chi connectivity index (χ1) is 5.59. The molecule has 0 aromatic rings. The van der Waals surface area contributed by atoms with E-state index in [1.807, 2.05) is 0 Å². The fourth-order valence-electron chi connectivity index (χ4n) is 0.966. The Morgan fingerprint density at radius 3 is 2.25 bits per heavy atom. The van der Waals surface area contributed by atoms with Crippen LogP contribution in [0.15, 0.2) is 11.5 Å². The van der Waals surface area contributed by atoms with Gasteiger partial charge in [-0.1, -0.05) is 26.2 Å². The summed E-state index contributed by atoms with van der Waals surface area (Å²) in [6.07, 6.45) is 2.60. The van der Waals surface area contributed by atoms with Gasteiger partial charge < -0.3 is 15.3 Å². The van der Waals surface area contributed by atoms with Crippen LogP contribution in [0.3, 0.4) is 0 Å². The highest BCUT2D eigenvalue weighted by Gasteiger charge is 2.11. The Morgan fingerprint density at radius 1 is 1.25 bits per heavy atom. The van der Waals surface area contributed by atoms with E-state index in [0.717, 1.165) is 19.3 Å². The van der Waals surface area contributed by atoms with Gasteiger partial charge in [-0.15, -0.1) is 0 Å². The lowest BCUT2D eigenvalue weighted by atomic mass is 10.1. The molecule has 0 bridgehead atoms. The molecule has 0 amide bonds. The maximum Gasteiger partial charge on any atom is 0.158 e. The molecule has 0 saturated heterocycles. The van der Waals surface area contributed by atoms with Crippen LogP contribution in [-0.2, 0) is 0 Å². The van der Waals surface area contributed by atoms with E-state index in [4.69, 9.17) is 10.2 Å². The Labute approximate surface area is 73.4 Å². The average molecular weight is 174 g/mol. The lowest BCUT2D eigenvalue weighted by Crippen LogP contribution is -2.11. The van der Waals surface area contributed by atoms with Gasteiger partial charge in [0.1, 0.15) is 11.9 Å². The second kappa shape index (κ2) is 5.89. The smallest absolute Gasteiger partial charge is 0.158 e. The Kier molecular flexibility index (Phi) is 5.54. The van der Waals surface area contributed by atoms with Gasteiger partial charge in [0.15, 0.2) is 5.76 Å². The summed E-state index contributed by atoms with van der Waals surface area (Å²) in [5, 5.41) is 27.1. The van der Waals surface area contributed by atoms with E-state index in [1.54, 1.807) is 0 Å². The molecular formula is C9H18O3. The van der Waals surface area contributed by atoms with Crippen molar-refractivity contribution < 1.29 is 15.3 Å². The predicted octanol–water partition coefficient (Wildman–Crippen LogP) is 2.28. The first-order valence-electron chi connectivity index (χ1n) is 4.36. The molecule has 3 N–H and O–H groups in total. The van der Waals surface area contributed by atoms with E-state index in [9.17, 15) is 5.11 Å². The molecule has 0 fully saturated rings. The Hall–Kier alpha value is -0.700. The molecule has 0 heterocycles. The van der Waals surface area contributed by atoms with Gasteiger partial charge in [-0.3, -0.25) is 0 Å². The van der Waals surface area contributed by atoms with Crippen molar-refractivity contribution in [1.82, 2.24) is 0 Å². The normalized spacial score (nSPS) is 15.6. The van der Waals surface area contributed by atoms with E-state index in [0.29, 0.717) is 6.42 Å². The Bertz CT molecular complexity index is 148. The number of hydrogen-bond donors (Lipinski definition) is 3. The SMILES string of the molecule is CCCCCC(O)C(O)=C(C)O. The van der Waals surface area contributed by atoms with E-state index in [1.165, 1.54) is 6.92 Å². The first-order valence-corrected chi connectivity index (χ1v) is 4.36. The topological polar surface area (TPSA) is 60.7 Å². The van der Waals surface area contributed by atoms with Crippen LogP contribution in [0.2, 0.25) is 0 Å². The van der Waals surface area contributed by atoms with Crippen molar-refractivity contribution in [3.05, 3.63) is 11.5 Å². The van der Waals surface area contributed by atoms with E-state index in [2.05, 4.69) is 6.92 Å². The number of aliphatic hydroxyl groups is 3. The molecule has 0 radical (unpaired) electrons. The van der Waals surface area contributed by atoms with Crippen molar-refractivity contribution in [2.45, 2.75) is 45.6 Å². The van der Waals surface area contributed by atoms with Crippen molar-refractivity contribution in [2.24, 2.45) is 0 Å². The molecule has 0 aliphatic heterocycles. The Morgan fingerprint density at radius 2 is 1.83 bits per heavy atom. The molecule has 3 nitrogen and oxygen atoms in total. The van der Waals surface area contributed by atoms with Gasteiger partial charge in [-0.2, -0.15) is 0 Å². The van der Waals surface area contributed by atoms with Crippen LogP contribution in [-0.4, -0.2) is 21.4 Å². The van der Waals surface area contributed by atoms with Gasteiger partial charge in [-0.05, 0) is 13.3 Å². The minimum Gasteiger partial charge on any atom is -0.509 e. The number of unbranched alkanes of at least 4 members (excludes halogenated alkanes) is 2. The maximum atomic E-state index is 9.25. The monoisotopic (exact) mass is 174 g/mol. The molecule has 0 aliphatic rings. The van der Waals surface area contributed by atoms with E-state index < -0.39 is 6.10 Å². The molecule has 12 heavy (non-hydrogen) atoms. The zero-order valence-electron chi connectivity index (χ0n) is 7.75. The molecular weight excluding hydrogens is 156 g/mol. The minimum absolute atomic E-state index is 0.195. The van der Waals surface area contributed by atoms with Crippen LogP contribution in [0, 0.1) is 0 Å². The molecule has 0 saturated carbocycles. The van der Waals surface area contributed by atoms with Gasteiger partial charge >= 0.3 is 0 Å². The highest BCUT2D eigenvalue weighted by Crippen LogP contribution is 2.11. The van der Waals surface area contributed by atoms with Crippen LogP contribution in [0.25, 0.3) is 0 Å². The molecule has 1 unspecified atom stereocenters. The van der Waals surface area contributed by atoms with E-state index in [-0.39, 0.29) is 11.5 Å². The van der Waals surface area contributed by atoms with Gasteiger partial charge in [0.05, 0.1) is 0 Å². The highest BCUT2D eigenvalue weighted by atomic mass is 16.3. The zero-order chi connectivity index (χ0) is 9.56. The lowest BCUT2D eigenvalue weighted by molar-refractivity contribution is 0.129. The average Bonchev–Trinajstić information content (AvgIpc) is 2.03. The summed E-state index contributed by atoms with van der Waals surface area (Å²) in [6.45, 7) is 3.43. The van der Waals surface area contributed by atoms with Crippen LogP contribution < -0.4 is 0 Å². The van der Waals surface area contributed by atoms with Gasteiger partial charge in [-0.25, -0.2) is 0 Å². The molecule has 0 aromatic heterocycles. The summed E-state index contributed by atoms with van der Waals surface area (Å²) in [4.78, 5) is 0. The number of hydrogen-bond acceptors (Lipinski definition) is 3. The fraction of sp³-hybridized carbons (Fsp3) is 0.778. The van der Waals surface area contributed by atoms with Crippen LogP contribution in [0.4, 0.5) is 0 Å². The van der Waals surface area contributed by atoms with Crippen molar-refractivity contribution in [3.63, 3.8) is 0 Å². The Balaban J connectivity index is 3.72. The third-order valence-electron chi connectivity index (χ3n) is 1.77. The van der Waals surface area contributed by atoms with Crippen LogP contribution in [0.5, 0.6) is 0 Å². The molecule has 0 spiro atoms. The van der Waals surface area contributed by atoms with Crippen LogP contribution >= 0.6 is 0 Å². The second-order valence-corrected chi connectivity index (χ2v) is 2.98. The van der Waals surface area contributed by atoms with Crippen LogP contribution in [0.1, 0.15) is 39.5 Å². The maximum absolute atomic E-state index is 9.25. The molecule has 72 valence electrons. The fourth-order valence-corrected chi connectivity index (χ4v) is 0.966. The summed E-state index contributed by atoms with van der Waals surface area (Å²) in [5.41, 5.74) is 0. The highest BCUT2D eigenvalue weighted by molar-refractivity contribution is 5.00. The van der Waals surface area contributed by atoms with Crippen molar-refractivity contribution >= 4 is 0 Å². The number of allylic oxidation sites excluding steroid dienone is 1. The van der Waals surface area contributed by atoms with Gasteiger partial charge in [0, 0.05) is 0 Å². The summed E-state index contributed by atoms with van der Waals surface area (Å²) in [7, 11) is 0. The quantitative estimate of drug-likeness (QED) is 0.442. The molecule has 0 aromatic carbocycles. The third kappa shape index (κ3) is 4.23. The van der Waals surface area contributed by atoms with Crippen molar-refractivity contribution in [2.75, 3.05) is 0 Å². The summed E-state index contributed by atoms with van der Waals surface area (Å²) >= 11 is 0. The first kappa shape index (κ1) is 11.3. The minimum atomic E-state index is -0.901. The summed E-state index contributed by atoms with van der Waals surface area (Å²) < 4.78 is 0. The van der Waals surface area contributed by atoms with E-state index >= 15 is 0 Å². The number of rotatable bonds is 5. The zero-order valence-corrected chi connectivity index (χ0v) is 7.75. The lowest BCUT2D eigenvalue weighted by Gasteiger charge is -2.09. The molecule has 0 aliphatic carbocycles. The molecule has 3 heteroatoms. The van der Waals surface area contributed by atoms with Crippen molar-refractivity contribution in [3.8, 4) is 0 Å². The van der Waals surface area contributed by atoms with Crippen molar-refractivity contribution in [1.29, 1.82) is 0 Å². The van der Waals surface area contributed by atoms with Gasteiger partial charge in [0.2, 0.25) is 0 Å². The predicted molar refractivity (Wildman–Crippen MR) is 48.1 cm³/mol. The molecule has 1 atom stereocenters. The number of aliphatic hydroxyl groups excluding tert-OH is 3. The van der Waals surface area contributed by atoms with Gasteiger partial charge in [0.25, 0.3) is 0 Å². The molecule has 0 rings (SSSR count).